The van der Waals surface area contributed by atoms with Gasteiger partial charge in [-0.2, -0.15) is 5.10 Å². The number of aliphatic hydroxyl groups excluding tert-OH is 1. The smallest absolute Gasteiger partial charge is 0.151 e. The van der Waals surface area contributed by atoms with Gasteiger partial charge in [-0.25, -0.2) is 0 Å². The Bertz CT molecular complexity index is 425. The highest BCUT2D eigenvalue weighted by Gasteiger charge is 2.05. The van der Waals surface area contributed by atoms with Crippen LogP contribution >= 0.6 is 0 Å². The molecule has 16 heavy (non-hydrogen) atoms. The Balaban J connectivity index is 2.05. The van der Waals surface area contributed by atoms with E-state index in [0.717, 1.165) is 11.6 Å². The number of nitrogens with zero attached hydrogens (tertiary/aromatic N) is 3. The van der Waals surface area contributed by atoms with E-state index in [1.54, 1.807) is 12.3 Å². The van der Waals surface area contributed by atoms with Crippen LogP contribution in [0.3, 0.4) is 0 Å². The molecule has 2 aromatic rings. The van der Waals surface area contributed by atoms with E-state index in [1.165, 1.54) is 0 Å². The van der Waals surface area contributed by atoms with Gasteiger partial charge >= 0.3 is 0 Å². The maximum absolute atomic E-state index is 8.84. The molecule has 0 aliphatic carbocycles. The minimum absolute atomic E-state index is 0.0881. The van der Waals surface area contributed by atoms with Gasteiger partial charge in [-0.05, 0) is 24.3 Å². The van der Waals surface area contributed by atoms with Crippen molar-refractivity contribution < 1.29 is 9.52 Å². The average Bonchev–Trinajstić information content (AvgIpc) is 2.82. The summed E-state index contributed by atoms with van der Waals surface area (Å²) in [6, 6.07) is 7.33. The van der Waals surface area contributed by atoms with Gasteiger partial charge in [0.25, 0.3) is 0 Å². The number of aliphatic hydroxyl groups is 1. The molecule has 2 rings (SSSR count). The Kier molecular flexibility index (Phi) is 3.16. The van der Waals surface area contributed by atoms with Crippen molar-refractivity contribution in [3.63, 3.8) is 0 Å². The lowest BCUT2D eigenvalue weighted by Crippen LogP contribution is -2.17. The molecule has 0 fully saturated rings. The summed E-state index contributed by atoms with van der Waals surface area (Å²) >= 11 is 0. The molecule has 2 aromatic heterocycles. The molecular weight excluding hydrogens is 206 g/mol. The molecule has 0 aliphatic rings. The zero-order valence-electron chi connectivity index (χ0n) is 9.00. The molecule has 0 spiro atoms. The SMILES string of the molecule is CN(Cc1ccco1)c1ccc(CO)nn1. The van der Waals surface area contributed by atoms with Crippen molar-refractivity contribution in [2.45, 2.75) is 13.2 Å². The molecule has 84 valence electrons. The molecule has 0 aliphatic heterocycles. The lowest BCUT2D eigenvalue weighted by Gasteiger charge is -2.15. The van der Waals surface area contributed by atoms with Gasteiger partial charge in [-0.3, -0.25) is 0 Å². The minimum atomic E-state index is -0.0881. The molecule has 1 N–H and O–H groups in total. The molecule has 0 saturated carbocycles. The Labute approximate surface area is 93.3 Å². The highest BCUT2D eigenvalue weighted by atomic mass is 16.3. The van der Waals surface area contributed by atoms with Gasteiger partial charge in [0.05, 0.1) is 25.1 Å². The Morgan fingerprint density at radius 3 is 2.75 bits per heavy atom. The fraction of sp³-hybridized carbons (Fsp3) is 0.273. The van der Waals surface area contributed by atoms with Crippen LogP contribution in [0.4, 0.5) is 5.82 Å². The Morgan fingerprint density at radius 1 is 1.31 bits per heavy atom. The molecule has 5 nitrogen and oxygen atoms in total. The third kappa shape index (κ3) is 2.38. The molecule has 0 unspecified atom stereocenters. The molecule has 0 radical (unpaired) electrons. The predicted molar refractivity (Wildman–Crippen MR) is 58.8 cm³/mol. The summed E-state index contributed by atoms with van der Waals surface area (Å²) in [4.78, 5) is 1.92. The molecule has 5 heteroatoms. The fourth-order valence-electron chi connectivity index (χ4n) is 1.36. The second-order valence-electron chi connectivity index (χ2n) is 3.48. The summed E-state index contributed by atoms with van der Waals surface area (Å²) in [5, 5.41) is 16.7. The largest absolute Gasteiger partial charge is 0.467 e. The van der Waals surface area contributed by atoms with Gasteiger partial charge in [-0.1, -0.05) is 0 Å². The first-order valence-electron chi connectivity index (χ1n) is 4.96. The molecule has 0 aromatic carbocycles. The first-order valence-corrected chi connectivity index (χ1v) is 4.96. The van der Waals surface area contributed by atoms with Crippen molar-refractivity contribution in [2.75, 3.05) is 11.9 Å². The van der Waals surface area contributed by atoms with Gasteiger partial charge in [-0.15, -0.1) is 5.10 Å². The van der Waals surface area contributed by atoms with E-state index in [0.29, 0.717) is 12.2 Å². The van der Waals surface area contributed by atoms with Crippen molar-refractivity contribution >= 4 is 5.82 Å². The fourth-order valence-corrected chi connectivity index (χ4v) is 1.36. The van der Waals surface area contributed by atoms with E-state index in [1.807, 2.05) is 30.1 Å². The summed E-state index contributed by atoms with van der Waals surface area (Å²) in [5.74, 6) is 1.61. The normalized spacial score (nSPS) is 10.4. The first kappa shape index (κ1) is 10.6. The summed E-state index contributed by atoms with van der Waals surface area (Å²) in [6.45, 7) is 0.551. The van der Waals surface area contributed by atoms with E-state index < -0.39 is 0 Å². The van der Waals surface area contributed by atoms with Crippen LogP contribution in [0.15, 0.2) is 34.9 Å². The quantitative estimate of drug-likeness (QED) is 0.837. The average molecular weight is 219 g/mol. The Hall–Kier alpha value is -1.88. The minimum Gasteiger partial charge on any atom is -0.467 e. The monoisotopic (exact) mass is 219 g/mol. The van der Waals surface area contributed by atoms with Crippen molar-refractivity contribution in [3.8, 4) is 0 Å². The lowest BCUT2D eigenvalue weighted by atomic mass is 10.3. The third-order valence-corrected chi connectivity index (χ3v) is 2.23. The first-order chi connectivity index (χ1) is 7.79. The van der Waals surface area contributed by atoms with Gasteiger partial charge in [0.2, 0.25) is 0 Å². The number of rotatable bonds is 4. The highest BCUT2D eigenvalue weighted by Crippen LogP contribution is 2.12. The van der Waals surface area contributed by atoms with Crippen LogP contribution in [-0.2, 0) is 13.2 Å². The van der Waals surface area contributed by atoms with E-state index in [-0.39, 0.29) is 6.61 Å². The second kappa shape index (κ2) is 4.76. The molecule has 2 heterocycles. The Morgan fingerprint density at radius 2 is 2.19 bits per heavy atom. The van der Waals surface area contributed by atoms with Gasteiger partial charge in [0.1, 0.15) is 5.76 Å². The number of hydrogen-bond donors (Lipinski definition) is 1. The van der Waals surface area contributed by atoms with Crippen LogP contribution in [-0.4, -0.2) is 22.4 Å². The number of furan rings is 1. The van der Waals surface area contributed by atoms with Gasteiger partial charge in [0, 0.05) is 7.05 Å². The van der Waals surface area contributed by atoms with E-state index in [4.69, 9.17) is 9.52 Å². The van der Waals surface area contributed by atoms with Crippen LogP contribution in [0, 0.1) is 0 Å². The number of hydrogen-bond acceptors (Lipinski definition) is 5. The van der Waals surface area contributed by atoms with E-state index in [9.17, 15) is 0 Å². The standard InChI is InChI=1S/C11H13N3O2/c1-14(7-10-3-2-6-16-10)11-5-4-9(8-15)12-13-11/h2-6,15H,7-8H2,1H3. The van der Waals surface area contributed by atoms with Crippen molar-refractivity contribution in [3.05, 3.63) is 42.0 Å². The second-order valence-corrected chi connectivity index (χ2v) is 3.48. The van der Waals surface area contributed by atoms with Crippen molar-refractivity contribution in [1.29, 1.82) is 0 Å². The van der Waals surface area contributed by atoms with E-state index >= 15 is 0 Å². The topological polar surface area (TPSA) is 62.4 Å². The summed E-state index contributed by atoms with van der Waals surface area (Å²) in [6.07, 6.45) is 1.64. The summed E-state index contributed by atoms with van der Waals surface area (Å²) in [7, 11) is 1.91. The lowest BCUT2D eigenvalue weighted by molar-refractivity contribution is 0.275. The zero-order valence-corrected chi connectivity index (χ0v) is 9.00. The zero-order chi connectivity index (χ0) is 11.4. The molecular formula is C11H13N3O2. The van der Waals surface area contributed by atoms with E-state index in [2.05, 4.69) is 10.2 Å². The molecule has 0 bridgehead atoms. The molecule has 0 atom stereocenters. The summed E-state index contributed by atoms with van der Waals surface area (Å²) < 4.78 is 5.24. The van der Waals surface area contributed by atoms with Crippen LogP contribution < -0.4 is 4.90 Å². The number of anilines is 1. The highest BCUT2D eigenvalue weighted by molar-refractivity contribution is 5.36. The number of aromatic nitrogens is 2. The van der Waals surface area contributed by atoms with Crippen LogP contribution in [0.5, 0.6) is 0 Å². The predicted octanol–water partition coefficient (Wildman–Crippen LogP) is 1.20. The van der Waals surface area contributed by atoms with Crippen LogP contribution in [0.1, 0.15) is 11.5 Å². The molecule has 0 saturated heterocycles. The third-order valence-electron chi connectivity index (χ3n) is 2.23. The van der Waals surface area contributed by atoms with Crippen molar-refractivity contribution in [1.82, 2.24) is 10.2 Å². The summed E-state index contributed by atoms with van der Waals surface area (Å²) in [5.41, 5.74) is 0.565. The van der Waals surface area contributed by atoms with Crippen molar-refractivity contribution in [2.24, 2.45) is 0 Å². The maximum atomic E-state index is 8.84. The maximum Gasteiger partial charge on any atom is 0.151 e. The molecule has 0 amide bonds. The van der Waals surface area contributed by atoms with Crippen LogP contribution in [0.25, 0.3) is 0 Å². The van der Waals surface area contributed by atoms with Crippen LogP contribution in [0.2, 0.25) is 0 Å². The van der Waals surface area contributed by atoms with Gasteiger partial charge < -0.3 is 14.4 Å². The van der Waals surface area contributed by atoms with Gasteiger partial charge in [0.15, 0.2) is 5.82 Å².